The second kappa shape index (κ2) is 5.29. The number of nitrogens with one attached hydrogen (secondary N) is 1. The Morgan fingerprint density at radius 1 is 1.71 bits per heavy atom. The second-order valence-corrected chi connectivity index (χ2v) is 3.55. The Morgan fingerprint density at radius 2 is 2.43 bits per heavy atom. The van der Waals surface area contributed by atoms with Gasteiger partial charge in [-0.2, -0.15) is 0 Å². The maximum atomic E-state index is 11.4. The molecule has 3 atom stereocenters. The third-order valence-corrected chi connectivity index (χ3v) is 2.11. The number of β-amino-alcohol motifs (C(OH)–C–C–N with tert-alkyl or cyclic N) is 1. The Labute approximate surface area is 83.4 Å². The number of methoxy groups -OCH3 is 1. The summed E-state index contributed by atoms with van der Waals surface area (Å²) in [5.41, 5.74) is 0. The van der Waals surface area contributed by atoms with E-state index in [2.05, 4.69) is 5.32 Å². The molecule has 0 aromatic carbocycles. The topological polar surface area (TPSA) is 67.8 Å². The predicted octanol–water partition coefficient (Wildman–Crippen LogP) is -0.713. The molecule has 1 heterocycles. The first kappa shape index (κ1) is 11.4. The minimum atomic E-state index is -0.440. The summed E-state index contributed by atoms with van der Waals surface area (Å²) in [5, 5.41) is 12.1. The molecular formula is C9H17NO4. The summed E-state index contributed by atoms with van der Waals surface area (Å²) in [6.07, 6.45) is -0.254. The lowest BCUT2D eigenvalue weighted by atomic mass is 10.2. The van der Waals surface area contributed by atoms with Gasteiger partial charge >= 0.3 is 5.97 Å². The van der Waals surface area contributed by atoms with E-state index in [0.717, 1.165) is 0 Å². The summed E-state index contributed by atoms with van der Waals surface area (Å²) >= 11 is 0. The van der Waals surface area contributed by atoms with E-state index in [9.17, 15) is 9.90 Å². The highest BCUT2D eigenvalue weighted by Gasteiger charge is 2.30. The van der Waals surface area contributed by atoms with Gasteiger partial charge in [-0.3, -0.25) is 4.79 Å². The highest BCUT2D eigenvalue weighted by atomic mass is 16.6. The minimum Gasteiger partial charge on any atom is -0.459 e. The van der Waals surface area contributed by atoms with Crippen LogP contribution in [0.5, 0.6) is 0 Å². The molecule has 1 aliphatic rings. The number of aliphatic hydroxyl groups is 1. The van der Waals surface area contributed by atoms with Crippen LogP contribution in [0.25, 0.3) is 0 Å². The molecule has 5 heteroatoms. The van der Waals surface area contributed by atoms with Crippen LogP contribution in [0.15, 0.2) is 0 Å². The maximum Gasteiger partial charge on any atom is 0.323 e. The number of esters is 1. The van der Waals surface area contributed by atoms with Crippen LogP contribution in [0, 0.1) is 0 Å². The van der Waals surface area contributed by atoms with E-state index in [4.69, 9.17) is 9.47 Å². The Kier molecular flexibility index (Phi) is 4.31. The number of hydrogen-bond donors (Lipinski definition) is 2. The van der Waals surface area contributed by atoms with Crippen LogP contribution in [-0.2, 0) is 14.3 Å². The Balaban J connectivity index is 2.27. The van der Waals surface area contributed by atoms with Crippen molar-refractivity contribution < 1.29 is 19.4 Å². The van der Waals surface area contributed by atoms with Crippen molar-refractivity contribution >= 4 is 5.97 Å². The van der Waals surface area contributed by atoms with Crippen LogP contribution in [0.4, 0.5) is 0 Å². The van der Waals surface area contributed by atoms with Crippen molar-refractivity contribution in [1.82, 2.24) is 5.32 Å². The quantitative estimate of drug-likeness (QED) is 0.591. The van der Waals surface area contributed by atoms with E-state index >= 15 is 0 Å². The number of rotatable bonds is 4. The molecule has 5 nitrogen and oxygen atoms in total. The van der Waals surface area contributed by atoms with Gasteiger partial charge in [0, 0.05) is 20.1 Å². The zero-order valence-electron chi connectivity index (χ0n) is 8.53. The molecule has 2 N–H and O–H groups in total. The first-order chi connectivity index (χ1) is 6.63. The summed E-state index contributed by atoms with van der Waals surface area (Å²) in [5.74, 6) is -0.314. The Morgan fingerprint density at radius 3 is 2.93 bits per heavy atom. The minimum absolute atomic E-state index is 0.243. The van der Waals surface area contributed by atoms with Crippen molar-refractivity contribution in [2.45, 2.75) is 31.6 Å². The fourth-order valence-corrected chi connectivity index (χ4v) is 1.45. The van der Waals surface area contributed by atoms with E-state index < -0.39 is 6.10 Å². The fourth-order valence-electron chi connectivity index (χ4n) is 1.45. The maximum absolute atomic E-state index is 11.4. The van der Waals surface area contributed by atoms with Crippen LogP contribution < -0.4 is 5.32 Å². The normalized spacial score (nSPS) is 28.8. The Hall–Kier alpha value is -0.650. The van der Waals surface area contributed by atoms with Gasteiger partial charge in [-0.1, -0.05) is 0 Å². The lowest BCUT2D eigenvalue weighted by molar-refractivity contribution is -0.152. The molecule has 0 amide bonds. The third kappa shape index (κ3) is 3.25. The van der Waals surface area contributed by atoms with Crippen LogP contribution in [0.1, 0.15) is 13.3 Å². The van der Waals surface area contributed by atoms with E-state index in [-0.39, 0.29) is 18.1 Å². The fraction of sp³-hybridized carbons (Fsp3) is 0.889. The molecule has 0 bridgehead atoms. The van der Waals surface area contributed by atoms with E-state index in [1.807, 2.05) is 0 Å². The van der Waals surface area contributed by atoms with Gasteiger partial charge < -0.3 is 19.9 Å². The lowest BCUT2D eigenvalue weighted by Gasteiger charge is -2.15. The molecule has 0 spiro atoms. The first-order valence-corrected chi connectivity index (χ1v) is 4.74. The van der Waals surface area contributed by atoms with E-state index in [0.29, 0.717) is 19.6 Å². The van der Waals surface area contributed by atoms with Crippen LogP contribution >= 0.6 is 0 Å². The molecular weight excluding hydrogens is 186 g/mol. The standard InChI is InChI=1S/C9H17NO4/c1-6(5-13-2)14-9(12)8-3-7(11)4-10-8/h6-8,10-11H,3-5H2,1-2H3. The summed E-state index contributed by atoms with van der Waals surface area (Å²) in [6, 6.07) is -0.371. The Bertz CT molecular complexity index is 197. The number of ether oxygens (including phenoxy) is 2. The highest BCUT2D eigenvalue weighted by Crippen LogP contribution is 2.08. The van der Waals surface area contributed by atoms with Crippen LogP contribution in [0.3, 0.4) is 0 Å². The zero-order valence-corrected chi connectivity index (χ0v) is 8.53. The van der Waals surface area contributed by atoms with Crippen LogP contribution in [0.2, 0.25) is 0 Å². The van der Waals surface area contributed by atoms with Crippen molar-refractivity contribution in [2.24, 2.45) is 0 Å². The van der Waals surface area contributed by atoms with E-state index in [1.54, 1.807) is 14.0 Å². The van der Waals surface area contributed by atoms with Crippen molar-refractivity contribution in [3.05, 3.63) is 0 Å². The van der Waals surface area contributed by atoms with E-state index in [1.165, 1.54) is 0 Å². The summed E-state index contributed by atoms with van der Waals surface area (Å²) in [6.45, 7) is 2.62. The molecule has 1 saturated heterocycles. The van der Waals surface area contributed by atoms with Crippen molar-refractivity contribution in [1.29, 1.82) is 0 Å². The summed E-state index contributed by atoms with van der Waals surface area (Å²) in [4.78, 5) is 11.4. The summed E-state index contributed by atoms with van der Waals surface area (Å²) < 4.78 is 9.93. The molecule has 1 rings (SSSR count). The van der Waals surface area contributed by atoms with Gasteiger partial charge in [-0.25, -0.2) is 0 Å². The average Bonchev–Trinajstić information content (AvgIpc) is 2.52. The summed E-state index contributed by atoms with van der Waals surface area (Å²) in [7, 11) is 1.56. The van der Waals surface area contributed by atoms with Gasteiger partial charge in [0.25, 0.3) is 0 Å². The van der Waals surface area contributed by atoms with Crippen molar-refractivity contribution in [3.8, 4) is 0 Å². The third-order valence-electron chi connectivity index (χ3n) is 2.11. The van der Waals surface area contributed by atoms with Crippen molar-refractivity contribution in [3.63, 3.8) is 0 Å². The van der Waals surface area contributed by atoms with Gasteiger partial charge in [0.1, 0.15) is 12.1 Å². The van der Waals surface area contributed by atoms with Crippen LogP contribution in [-0.4, -0.2) is 49.6 Å². The smallest absolute Gasteiger partial charge is 0.323 e. The molecule has 0 aliphatic carbocycles. The molecule has 1 aliphatic heterocycles. The number of hydrogen-bond acceptors (Lipinski definition) is 5. The average molecular weight is 203 g/mol. The van der Waals surface area contributed by atoms with Gasteiger partial charge in [-0.15, -0.1) is 0 Å². The second-order valence-electron chi connectivity index (χ2n) is 3.55. The monoisotopic (exact) mass is 203 g/mol. The molecule has 0 aromatic rings. The molecule has 0 radical (unpaired) electrons. The first-order valence-electron chi connectivity index (χ1n) is 4.74. The van der Waals surface area contributed by atoms with Crippen molar-refractivity contribution in [2.75, 3.05) is 20.3 Å². The number of carbonyl (C=O) groups excluding carboxylic acids is 1. The highest BCUT2D eigenvalue weighted by molar-refractivity contribution is 5.76. The molecule has 0 aromatic heterocycles. The van der Waals surface area contributed by atoms with Gasteiger partial charge in [0.15, 0.2) is 0 Å². The number of carbonyl (C=O) groups is 1. The van der Waals surface area contributed by atoms with Gasteiger partial charge in [-0.05, 0) is 6.92 Å². The molecule has 82 valence electrons. The molecule has 14 heavy (non-hydrogen) atoms. The molecule has 1 fully saturated rings. The van der Waals surface area contributed by atoms with Gasteiger partial charge in [0.05, 0.1) is 12.7 Å². The molecule has 3 unspecified atom stereocenters. The zero-order chi connectivity index (χ0) is 10.6. The molecule has 0 saturated carbocycles. The van der Waals surface area contributed by atoms with Gasteiger partial charge in [0.2, 0.25) is 0 Å². The largest absolute Gasteiger partial charge is 0.459 e. The lowest BCUT2D eigenvalue weighted by Crippen LogP contribution is -2.35. The predicted molar refractivity (Wildman–Crippen MR) is 49.8 cm³/mol. The number of aliphatic hydroxyl groups excluding tert-OH is 1. The SMILES string of the molecule is COCC(C)OC(=O)C1CC(O)CN1.